The van der Waals surface area contributed by atoms with Gasteiger partial charge in [0.15, 0.2) is 0 Å². The lowest BCUT2D eigenvalue weighted by Gasteiger charge is -2.14. The summed E-state index contributed by atoms with van der Waals surface area (Å²) >= 11 is 1.00. The Bertz CT molecular complexity index is 347. The van der Waals surface area contributed by atoms with Gasteiger partial charge in [-0.3, -0.25) is 10.0 Å². The second-order valence-corrected chi connectivity index (χ2v) is 3.57. The molecule has 0 saturated heterocycles. The van der Waals surface area contributed by atoms with Crippen LogP contribution in [-0.4, -0.2) is 23.2 Å². The fraction of sp³-hybridized carbons (Fsp3) is 0.125. The number of carbonyl (C=O) groups excluding carboxylic acids is 1. The SMILES string of the molecule is CNN(O)Sc1cc(N)ccc1NC=O. The third-order valence-corrected chi connectivity index (χ3v) is 2.49. The zero-order valence-electron chi connectivity index (χ0n) is 8.10. The summed E-state index contributed by atoms with van der Waals surface area (Å²) in [5.74, 6) is 0. The fourth-order valence-electron chi connectivity index (χ4n) is 0.936. The maximum atomic E-state index is 10.3. The summed E-state index contributed by atoms with van der Waals surface area (Å²) in [6.45, 7) is 0. The molecule has 1 aromatic rings. The van der Waals surface area contributed by atoms with Crippen molar-refractivity contribution in [3.05, 3.63) is 18.2 Å². The average Bonchev–Trinajstić information content (AvgIpc) is 2.22. The van der Waals surface area contributed by atoms with Gasteiger partial charge in [0.05, 0.1) is 10.6 Å². The second kappa shape index (κ2) is 5.56. The van der Waals surface area contributed by atoms with E-state index in [0.29, 0.717) is 22.7 Å². The minimum Gasteiger partial charge on any atom is -0.399 e. The average molecular weight is 228 g/mol. The van der Waals surface area contributed by atoms with Crippen molar-refractivity contribution < 1.29 is 10.0 Å². The molecule has 0 fully saturated rings. The molecule has 0 aliphatic carbocycles. The summed E-state index contributed by atoms with van der Waals surface area (Å²) in [5.41, 5.74) is 9.22. The summed E-state index contributed by atoms with van der Waals surface area (Å²) in [6, 6.07) is 4.98. The van der Waals surface area contributed by atoms with Gasteiger partial charge in [-0.25, -0.2) is 5.43 Å². The van der Waals surface area contributed by atoms with Gasteiger partial charge in [-0.15, -0.1) is 0 Å². The molecular formula is C8H12N4O2S. The van der Waals surface area contributed by atoms with Crippen LogP contribution in [0.4, 0.5) is 11.4 Å². The largest absolute Gasteiger partial charge is 0.399 e. The molecule has 5 N–H and O–H groups in total. The first kappa shape index (κ1) is 11.8. The maximum absolute atomic E-state index is 10.3. The van der Waals surface area contributed by atoms with E-state index in [-0.39, 0.29) is 0 Å². The molecule has 1 rings (SSSR count). The molecule has 82 valence electrons. The highest BCUT2D eigenvalue weighted by Gasteiger charge is 2.07. The highest BCUT2D eigenvalue weighted by atomic mass is 32.2. The number of hydrazine groups is 1. The Kier molecular flexibility index (Phi) is 4.37. The van der Waals surface area contributed by atoms with Crippen LogP contribution in [-0.2, 0) is 4.79 Å². The number of amides is 1. The molecule has 0 radical (unpaired) electrons. The van der Waals surface area contributed by atoms with Crippen molar-refractivity contribution in [2.75, 3.05) is 18.1 Å². The Balaban J connectivity index is 2.90. The van der Waals surface area contributed by atoms with E-state index in [2.05, 4.69) is 10.7 Å². The molecule has 0 bridgehead atoms. The van der Waals surface area contributed by atoms with Crippen LogP contribution < -0.4 is 16.5 Å². The van der Waals surface area contributed by atoms with E-state index in [0.717, 1.165) is 16.5 Å². The molecule has 1 amide bonds. The number of nitrogens with one attached hydrogen (secondary N) is 2. The molecule has 0 aromatic heterocycles. The molecule has 0 spiro atoms. The lowest BCUT2D eigenvalue weighted by molar-refractivity contribution is -0.105. The van der Waals surface area contributed by atoms with Gasteiger partial charge in [0.1, 0.15) is 0 Å². The highest BCUT2D eigenvalue weighted by Crippen LogP contribution is 2.29. The van der Waals surface area contributed by atoms with E-state index in [4.69, 9.17) is 5.73 Å². The van der Waals surface area contributed by atoms with E-state index in [1.807, 2.05) is 0 Å². The van der Waals surface area contributed by atoms with E-state index in [1.165, 1.54) is 0 Å². The minimum atomic E-state index is 0.554. The molecule has 15 heavy (non-hydrogen) atoms. The molecule has 6 nitrogen and oxygen atoms in total. The van der Waals surface area contributed by atoms with Crippen molar-refractivity contribution in [2.24, 2.45) is 0 Å². The first-order chi connectivity index (χ1) is 7.17. The quantitative estimate of drug-likeness (QED) is 0.256. The number of benzene rings is 1. The number of hydrogen-bond acceptors (Lipinski definition) is 6. The Morgan fingerprint density at radius 2 is 2.33 bits per heavy atom. The third-order valence-electron chi connectivity index (χ3n) is 1.60. The molecule has 0 aliphatic heterocycles. The van der Waals surface area contributed by atoms with E-state index < -0.39 is 0 Å². The van der Waals surface area contributed by atoms with Crippen LogP contribution in [0.5, 0.6) is 0 Å². The molecule has 0 atom stereocenters. The summed E-state index contributed by atoms with van der Waals surface area (Å²) in [5, 5.41) is 11.7. The summed E-state index contributed by atoms with van der Waals surface area (Å²) < 4.78 is 0.810. The number of carbonyl (C=O) groups is 1. The Labute approximate surface area is 91.5 Å². The predicted octanol–water partition coefficient (Wildman–Crippen LogP) is 0.670. The zero-order valence-corrected chi connectivity index (χ0v) is 8.91. The van der Waals surface area contributed by atoms with Crippen molar-refractivity contribution >= 4 is 29.7 Å². The molecule has 1 aromatic carbocycles. The Morgan fingerprint density at radius 1 is 1.60 bits per heavy atom. The molecule has 0 saturated carbocycles. The first-order valence-electron chi connectivity index (χ1n) is 4.11. The molecular weight excluding hydrogens is 216 g/mol. The van der Waals surface area contributed by atoms with Crippen molar-refractivity contribution in [1.29, 1.82) is 0 Å². The van der Waals surface area contributed by atoms with Crippen LogP contribution in [0, 0.1) is 0 Å². The molecule has 0 heterocycles. The van der Waals surface area contributed by atoms with Gasteiger partial charge < -0.3 is 11.1 Å². The van der Waals surface area contributed by atoms with Crippen molar-refractivity contribution in [1.82, 2.24) is 10.0 Å². The normalized spacial score (nSPS) is 10.3. The van der Waals surface area contributed by atoms with E-state index in [1.54, 1.807) is 25.2 Å². The van der Waals surface area contributed by atoms with Crippen molar-refractivity contribution in [2.45, 2.75) is 4.90 Å². The molecule has 7 heteroatoms. The van der Waals surface area contributed by atoms with E-state index in [9.17, 15) is 10.0 Å². The number of nitrogens with two attached hydrogens (primary N) is 1. The Hall–Kier alpha value is -1.28. The summed E-state index contributed by atoms with van der Waals surface area (Å²) in [6.07, 6.45) is 0.566. The lowest BCUT2D eigenvalue weighted by Crippen LogP contribution is -2.24. The van der Waals surface area contributed by atoms with Gasteiger partial charge in [0.25, 0.3) is 0 Å². The molecule has 0 aliphatic rings. The number of nitrogens with zero attached hydrogens (tertiary/aromatic N) is 1. The molecule has 0 unspecified atom stereocenters. The summed E-state index contributed by atoms with van der Waals surface area (Å²) in [7, 11) is 1.56. The van der Waals surface area contributed by atoms with Crippen LogP contribution in [0.15, 0.2) is 23.1 Å². The predicted molar refractivity (Wildman–Crippen MR) is 59.1 cm³/mol. The number of hydrogen-bond donors (Lipinski definition) is 4. The van der Waals surface area contributed by atoms with Gasteiger partial charge in [-0.05, 0) is 18.2 Å². The smallest absolute Gasteiger partial charge is 0.211 e. The first-order valence-corrected chi connectivity index (χ1v) is 4.88. The van der Waals surface area contributed by atoms with Crippen LogP contribution in [0.3, 0.4) is 0 Å². The highest BCUT2D eigenvalue weighted by molar-refractivity contribution is 7.97. The Morgan fingerprint density at radius 3 is 2.93 bits per heavy atom. The monoisotopic (exact) mass is 228 g/mol. The number of nitrogen functional groups attached to an aromatic ring is 1. The second-order valence-electron chi connectivity index (χ2n) is 2.61. The van der Waals surface area contributed by atoms with Gasteiger partial charge in [-0.1, -0.05) is 4.58 Å². The lowest BCUT2D eigenvalue weighted by atomic mass is 10.3. The topological polar surface area (TPSA) is 90.6 Å². The summed E-state index contributed by atoms with van der Waals surface area (Å²) in [4.78, 5) is 11.0. The standard InChI is InChI=1S/C8H12N4O2S/c1-10-12(14)15-8-4-6(9)2-3-7(8)11-5-13/h2-5,10,14H,9H2,1H3,(H,11,13). The third kappa shape index (κ3) is 3.40. The van der Waals surface area contributed by atoms with Crippen LogP contribution in [0.25, 0.3) is 0 Å². The van der Waals surface area contributed by atoms with Gasteiger partial charge >= 0.3 is 0 Å². The fourth-order valence-corrected chi connectivity index (χ4v) is 1.63. The van der Waals surface area contributed by atoms with Gasteiger partial charge in [0.2, 0.25) is 6.41 Å². The van der Waals surface area contributed by atoms with Crippen molar-refractivity contribution in [3.63, 3.8) is 0 Å². The zero-order chi connectivity index (χ0) is 11.3. The van der Waals surface area contributed by atoms with Crippen LogP contribution in [0.2, 0.25) is 0 Å². The maximum Gasteiger partial charge on any atom is 0.211 e. The van der Waals surface area contributed by atoms with Crippen LogP contribution in [0.1, 0.15) is 0 Å². The minimum absolute atomic E-state index is 0.554. The van der Waals surface area contributed by atoms with Gasteiger partial charge in [-0.2, -0.15) is 0 Å². The number of anilines is 2. The number of rotatable bonds is 5. The van der Waals surface area contributed by atoms with Crippen LogP contribution >= 0.6 is 11.9 Å². The van der Waals surface area contributed by atoms with Crippen molar-refractivity contribution in [3.8, 4) is 0 Å². The van der Waals surface area contributed by atoms with Gasteiger partial charge in [0, 0.05) is 24.7 Å². The van der Waals surface area contributed by atoms with E-state index >= 15 is 0 Å².